The normalized spacial score (nSPS) is 19.6. The van der Waals surface area contributed by atoms with Gasteiger partial charge in [0.15, 0.2) is 0 Å². The molecule has 0 saturated heterocycles. The number of aromatic nitrogens is 2. The van der Waals surface area contributed by atoms with Crippen LogP contribution in [0.25, 0.3) is 16.6 Å². The zero-order valence-electron chi connectivity index (χ0n) is 17.7. The van der Waals surface area contributed by atoms with Gasteiger partial charge in [-0.15, -0.1) is 0 Å². The van der Waals surface area contributed by atoms with Crippen molar-refractivity contribution in [1.29, 1.82) is 0 Å². The van der Waals surface area contributed by atoms with E-state index in [1.807, 2.05) is 57.4 Å². The van der Waals surface area contributed by atoms with Crippen molar-refractivity contribution in [3.8, 4) is 5.69 Å². The average molecular weight is 426 g/mol. The van der Waals surface area contributed by atoms with Crippen LogP contribution >= 0.6 is 11.6 Å². The van der Waals surface area contributed by atoms with Crippen LogP contribution < -0.4 is 5.32 Å². The van der Waals surface area contributed by atoms with E-state index in [2.05, 4.69) is 27.1 Å². The highest BCUT2D eigenvalue weighted by molar-refractivity contribution is 6.30. The molecule has 2 aromatic heterocycles. The second-order valence-electron chi connectivity index (χ2n) is 9.02. The first kappa shape index (κ1) is 20.7. The smallest absolute Gasteiger partial charge is 0.407 e. The van der Waals surface area contributed by atoms with E-state index in [0.717, 1.165) is 41.9 Å². The maximum Gasteiger partial charge on any atom is 0.407 e. The van der Waals surface area contributed by atoms with Crippen molar-refractivity contribution in [1.82, 2.24) is 14.9 Å². The highest BCUT2D eigenvalue weighted by Gasteiger charge is 2.27. The van der Waals surface area contributed by atoms with Crippen molar-refractivity contribution >= 4 is 28.6 Å². The highest BCUT2D eigenvalue weighted by atomic mass is 35.5. The fourth-order valence-electron chi connectivity index (χ4n) is 4.26. The number of nitrogens with zero attached hydrogens (tertiary/aromatic N) is 2. The molecule has 1 N–H and O–H groups in total. The van der Waals surface area contributed by atoms with Gasteiger partial charge in [-0.3, -0.25) is 4.98 Å². The minimum atomic E-state index is -0.473. The molecule has 0 atom stereocenters. The largest absolute Gasteiger partial charge is 0.444 e. The molecule has 0 spiro atoms. The molecule has 0 unspecified atom stereocenters. The van der Waals surface area contributed by atoms with E-state index in [9.17, 15) is 4.79 Å². The maximum absolute atomic E-state index is 12.1. The fourth-order valence-corrected chi connectivity index (χ4v) is 4.39. The summed E-state index contributed by atoms with van der Waals surface area (Å²) in [4.78, 5) is 16.4. The predicted molar refractivity (Wildman–Crippen MR) is 120 cm³/mol. The summed E-state index contributed by atoms with van der Waals surface area (Å²) in [5.74, 6) is 0.458. The Kier molecular flexibility index (Phi) is 5.74. The number of pyridine rings is 1. The summed E-state index contributed by atoms with van der Waals surface area (Å²) in [6.07, 6.45) is 9.64. The molecule has 158 valence electrons. The van der Waals surface area contributed by atoms with Crippen molar-refractivity contribution in [3.63, 3.8) is 0 Å². The molecule has 30 heavy (non-hydrogen) atoms. The van der Waals surface area contributed by atoms with Crippen LogP contribution in [0.1, 0.15) is 57.9 Å². The molecule has 1 aliphatic carbocycles. The molecular formula is C24H28ClN3O2. The Morgan fingerprint density at radius 3 is 2.50 bits per heavy atom. The SMILES string of the molecule is CC(C)(C)OC(=O)NC1CCC(c2cn(-c3ccc(Cl)cc3)c3cnccc23)CC1. The second kappa shape index (κ2) is 8.31. The number of hydrogen-bond donors (Lipinski definition) is 1. The first-order valence-corrected chi connectivity index (χ1v) is 10.9. The lowest BCUT2D eigenvalue weighted by atomic mass is 9.82. The molecule has 1 saturated carbocycles. The molecule has 0 radical (unpaired) electrons. The number of carbonyl (C=O) groups is 1. The predicted octanol–water partition coefficient (Wildman–Crippen LogP) is 6.23. The molecule has 0 aliphatic heterocycles. The van der Waals surface area contributed by atoms with Crippen LogP contribution in [0.4, 0.5) is 4.79 Å². The molecule has 1 aliphatic rings. The summed E-state index contributed by atoms with van der Waals surface area (Å²) in [5, 5.41) is 5.00. The van der Waals surface area contributed by atoms with E-state index in [4.69, 9.17) is 16.3 Å². The van der Waals surface area contributed by atoms with Gasteiger partial charge in [-0.05, 0) is 88.3 Å². The van der Waals surface area contributed by atoms with Crippen LogP contribution in [0.5, 0.6) is 0 Å². The number of ether oxygens (including phenoxy) is 1. The minimum Gasteiger partial charge on any atom is -0.444 e. The summed E-state index contributed by atoms with van der Waals surface area (Å²) in [7, 11) is 0. The van der Waals surface area contributed by atoms with Gasteiger partial charge in [-0.25, -0.2) is 4.79 Å². The summed E-state index contributed by atoms with van der Waals surface area (Å²) in [6.45, 7) is 5.65. The van der Waals surface area contributed by atoms with Crippen LogP contribution in [0.15, 0.2) is 48.9 Å². The quantitative estimate of drug-likeness (QED) is 0.541. The van der Waals surface area contributed by atoms with Crippen LogP contribution in [0.2, 0.25) is 5.02 Å². The molecule has 5 nitrogen and oxygen atoms in total. The Bertz CT molecular complexity index is 1030. The molecule has 0 bridgehead atoms. The van der Waals surface area contributed by atoms with Crippen molar-refractivity contribution in [2.45, 2.75) is 64.0 Å². The summed E-state index contributed by atoms with van der Waals surface area (Å²) in [6, 6.07) is 10.1. The van der Waals surface area contributed by atoms with Crippen LogP contribution in [-0.2, 0) is 4.74 Å². The third-order valence-electron chi connectivity index (χ3n) is 5.63. The van der Waals surface area contributed by atoms with E-state index in [1.54, 1.807) is 0 Å². The highest BCUT2D eigenvalue weighted by Crippen LogP contribution is 2.38. The Hall–Kier alpha value is -2.53. The van der Waals surface area contributed by atoms with Crippen molar-refractivity contribution in [2.24, 2.45) is 0 Å². The zero-order chi connectivity index (χ0) is 21.3. The molecule has 1 aromatic carbocycles. The van der Waals surface area contributed by atoms with Crippen molar-refractivity contribution < 1.29 is 9.53 Å². The van der Waals surface area contributed by atoms with Gasteiger partial charge in [-0.1, -0.05) is 11.6 Å². The van der Waals surface area contributed by atoms with Crippen LogP contribution in [0.3, 0.4) is 0 Å². The Morgan fingerprint density at radius 2 is 1.83 bits per heavy atom. The standard InChI is InChI=1S/C24H28ClN3O2/c1-24(2,3)30-23(29)27-18-8-4-16(5-9-18)21-15-28(19-10-6-17(25)7-11-19)22-14-26-13-12-20(21)22/h6-7,10-16,18H,4-5,8-9H2,1-3H3,(H,27,29). The number of halogens is 1. The molecule has 4 rings (SSSR count). The van der Waals surface area contributed by atoms with E-state index in [1.165, 1.54) is 10.9 Å². The van der Waals surface area contributed by atoms with Gasteiger partial charge in [0.25, 0.3) is 0 Å². The van der Waals surface area contributed by atoms with Gasteiger partial charge in [0.2, 0.25) is 0 Å². The van der Waals surface area contributed by atoms with Crippen LogP contribution in [0, 0.1) is 0 Å². The van der Waals surface area contributed by atoms with E-state index < -0.39 is 5.60 Å². The summed E-state index contributed by atoms with van der Waals surface area (Å²) in [5.41, 5.74) is 3.05. The Balaban J connectivity index is 1.51. The maximum atomic E-state index is 12.1. The van der Waals surface area contributed by atoms with Gasteiger partial charge >= 0.3 is 6.09 Å². The number of hydrogen-bond acceptors (Lipinski definition) is 3. The molecule has 6 heteroatoms. The molecule has 1 fully saturated rings. The lowest BCUT2D eigenvalue weighted by Crippen LogP contribution is -2.40. The van der Waals surface area contributed by atoms with E-state index >= 15 is 0 Å². The number of benzene rings is 1. The second-order valence-corrected chi connectivity index (χ2v) is 9.45. The lowest BCUT2D eigenvalue weighted by molar-refractivity contribution is 0.0491. The Morgan fingerprint density at radius 1 is 1.13 bits per heavy atom. The summed E-state index contributed by atoms with van der Waals surface area (Å²) >= 11 is 6.07. The van der Waals surface area contributed by atoms with Crippen LogP contribution in [-0.4, -0.2) is 27.3 Å². The topological polar surface area (TPSA) is 56.1 Å². The van der Waals surface area contributed by atoms with Crippen molar-refractivity contribution in [3.05, 3.63) is 59.5 Å². The number of fused-ring (bicyclic) bond motifs is 1. The first-order chi connectivity index (χ1) is 14.3. The number of nitrogens with one attached hydrogen (secondary N) is 1. The average Bonchev–Trinajstić information content (AvgIpc) is 3.07. The monoisotopic (exact) mass is 425 g/mol. The van der Waals surface area contributed by atoms with Gasteiger partial charge < -0.3 is 14.6 Å². The third-order valence-corrected chi connectivity index (χ3v) is 5.88. The zero-order valence-corrected chi connectivity index (χ0v) is 18.4. The number of alkyl carbamates (subject to hydrolysis) is 1. The van der Waals surface area contributed by atoms with Gasteiger partial charge in [-0.2, -0.15) is 0 Å². The van der Waals surface area contributed by atoms with Gasteiger partial charge in [0.1, 0.15) is 5.60 Å². The first-order valence-electron chi connectivity index (χ1n) is 10.5. The number of carbonyl (C=O) groups excluding carboxylic acids is 1. The fraction of sp³-hybridized carbons (Fsp3) is 0.417. The number of rotatable bonds is 3. The molecular weight excluding hydrogens is 398 g/mol. The molecule has 1 amide bonds. The lowest BCUT2D eigenvalue weighted by Gasteiger charge is -2.30. The molecule has 3 aromatic rings. The van der Waals surface area contributed by atoms with Gasteiger partial charge in [0, 0.05) is 34.5 Å². The Labute approximate surface area is 182 Å². The third kappa shape index (κ3) is 4.62. The number of amides is 1. The van der Waals surface area contributed by atoms with E-state index in [0.29, 0.717) is 5.92 Å². The van der Waals surface area contributed by atoms with Crippen molar-refractivity contribution in [2.75, 3.05) is 0 Å². The molecule has 2 heterocycles. The summed E-state index contributed by atoms with van der Waals surface area (Å²) < 4.78 is 7.59. The van der Waals surface area contributed by atoms with Gasteiger partial charge in [0.05, 0.1) is 11.7 Å². The van der Waals surface area contributed by atoms with E-state index in [-0.39, 0.29) is 12.1 Å². The minimum absolute atomic E-state index is 0.169.